The highest BCUT2D eigenvalue weighted by Gasteiger charge is 2.40. The van der Waals surface area contributed by atoms with Gasteiger partial charge in [0.2, 0.25) is 5.79 Å². The van der Waals surface area contributed by atoms with E-state index in [1.165, 1.54) is 0 Å². The number of hydrogen-bond donors (Lipinski definition) is 0. The number of halogens is 3. The molecule has 0 fully saturated rings. The third kappa shape index (κ3) is 1.73. The van der Waals surface area contributed by atoms with E-state index in [-0.39, 0.29) is 6.54 Å². The summed E-state index contributed by atoms with van der Waals surface area (Å²) in [6.07, 6.45) is 0. The van der Waals surface area contributed by atoms with Crippen LogP contribution in [-0.4, -0.2) is 23.3 Å². The first-order valence-corrected chi connectivity index (χ1v) is 5.60. The number of hydrogen-bond acceptors (Lipinski definition) is 1. The van der Waals surface area contributed by atoms with Crippen molar-refractivity contribution >= 4 is 21.8 Å². The van der Waals surface area contributed by atoms with Crippen molar-refractivity contribution in [2.24, 2.45) is 0 Å². The molecule has 0 spiro atoms. The maximum Gasteiger partial charge on any atom is 0.257 e. The van der Waals surface area contributed by atoms with Gasteiger partial charge < -0.3 is 0 Å². The molecule has 2 rings (SSSR count). The zero-order valence-corrected chi connectivity index (χ0v) is 10.2. The summed E-state index contributed by atoms with van der Waals surface area (Å²) in [6, 6.07) is 5.09. The number of carbonyl (C=O) groups excluding carboxylic acids is 1. The quantitative estimate of drug-likeness (QED) is 0.767. The number of amides is 1. The molecule has 0 saturated carbocycles. The molecule has 0 saturated heterocycles. The van der Waals surface area contributed by atoms with E-state index in [9.17, 15) is 13.6 Å². The Morgan fingerprint density at radius 2 is 2.25 bits per heavy atom. The van der Waals surface area contributed by atoms with E-state index >= 15 is 0 Å². The van der Waals surface area contributed by atoms with Crippen LogP contribution in [0.3, 0.4) is 0 Å². The van der Waals surface area contributed by atoms with Crippen molar-refractivity contribution in [1.82, 2.24) is 4.90 Å². The second-order valence-corrected chi connectivity index (χ2v) is 4.88. The summed E-state index contributed by atoms with van der Waals surface area (Å²) in [6.45, 7) is -0.00967. The van der Waals surface area contributed by atoms with Crippen LogP contribution in [0.25, 0.3) is 0 Å². The van der Waals surface area contributed by atoms with Crippen LogP contribution in [-0.2, 0) is 6.54 Å². The van der Waals surface area contributed by atoms with Crippen molar-refractivity contribution < 1.29 is 13.6 Å². The summed E-state index contributed by atoms with van der Waals surface area (Å²) in [5, 5.41) is 0. The Bertz CT molecular complexity index is 448. The molecule has 0 radical (unpaired) electrons. The first-order chi connectivity index (χ1) is 7.45. The van der Waals surface area contributed by atoms with Gasteiger partial charge in [-0.15, -0.1) is 0 Å². The molecule has 16 heavy (non-hydrogen) atoms. The van der Waals surface area contributed by atoms with E-state index in [1.807, 2.05) is 0 Å². The molecule has 0 bridgehead atoms. The number of alkyl halides is 2. The van der Waals surface area contributed by atoms with E-state index in [1.54, 1.807) is 18.2 Å². The Hall–Kier alpha value is -0.970. The van der Waals surface area contributed by atoms with Gasteiger partial charge in [0.05, 0.1) is 0 Å². The minimum Gasteiger partial charge on any atom is -0.300 e. The molecule has 1 aromatic carbocycles. The van der Waals surface area contributed by atoms with Crippen molar-refractivity contribution in [3.05, 3.63) is 33.8 Å². The molecular formula is C11H10BrF2NO. The van der Waals surface area contributed by atoms with Crippen molar-refractivity contribution in [2.75, 3.05) is 6.67 Å². The van der Waals surface area contributed by atoms with Crippen LogP contribution in [0.5, 0.6) is 0 Å². The van der Waals surface area contributed by atoms with Gasteiger partial charge in [0.25, 0.3) is 5.91 Å². The fraction of sp³-hybridized carbons (Fsp3) is 0.364. The zero-order chi connectivity index (χ0) is 11.9. The smallest absolute Gasteiger partial charge is 0.257 e. The first-order valence-electron chi connectivity index (χ1n) is 4.81. The third-order valence-electron chi connectivity index (χ3n) is 2.68. The molecule has 1 atom stereocenters. The first kappa shape index (κ1) is 11.5. The lowest BCUT2D eigenvalue weighted by Gasteiger charge is -2.28. The van der Waals surface area contributed by atoms with Crippen LogP contribution in [0.15, 0.2) is 22.7 Å². The van der Waals surface area contributed by atoms with Gasteiger partial charge in [0.1, 0.15) is 6.67 Å². The van der Waals surface area contributed by atoms with E-state index in [0.717, 1.165) is 21.9 Å². The van der Waals surface area contributed by atoms with E-state index in [2.05, 4.69) is 15.9 Å². The fourth-order valence-electron chi connectivity index (χ4n) is 1.74. The highest BCUT2D eigenvalue weighted by Crippen LogP contribution is 2.32. The second-order valence-electron chi connectivity index (χ2n) is 3.97. The lowest BCUT2D eigenvalue weighted by molar-refractivity contribution is -0.0219. The van der Waals surface area contributed by atoms with E-state index < -0.39 is 18.4 Å². The van der Waals surface area contributed by atoms with Crippen molar-refractivity contribution in [2.45, 2.75) is 19.3 Å². The third-order valence-corrected chi connectivity index (χ3v) is 3.17. The minimum atomic E-state index is -2.23. The number of benzene rings is 1. The lowest BCUT2D eigenvalue weighted by atomic mass is 10.1. The Morgan fingerprint density at radius 1 is 1.56 bits per heavy atom. The molecule has 0 aliphatic carbocycles. The van der Waals surface area contributed by atoms with Gasteiger partial charge in [-0.25, -0.2) is 8.78 Å². The van der Waals surface area contributed by atoms with E-state index in [0.29, 0.717) is 5.56 Å². The SMILES string of the molecule is CC(F)(CF)N1Cc2cc(Br)ccc2C1=O. The standard InChI is InChI=1S/C11H10BrF2NO/c1-11(14,6-13)15-5-7-4-8(12)2-3-9(7)10(15)16/h2-4H,5-6H2,1H3. The average molecular weight is 290 g/mol. The highest BCUT2D eigenvalue weighted by atomic mass is 79.9. The maximum atomic E-state index is 13.8. The lowest BCUT2D eigenvalue weighted by Crippen LogP contribution is -2.44. The van der Waals surface area contributed by atoms with Gasteiger partial charge >= 0.3 is 0 Å². The number of fused-ring (bicyclic) bond motifs is 1. The van der Waals surface area contributed by atoms with Crippen LogP contribution < -0.4 is 0 Å². The Labute approximate surface area is 100 Å². The zero-order valence-electron chi connectivity index (χ0n) is 8.64. The van der Waals surface area contributed by atoms with Crippen LogP contribution >= 0.6 is 15.9 Å². The normalized spacial score (nSPS) is 18.5. The Morgan fingerprint density at radius 3 is 2.88 bits per heavy atom. The predicted octanol–water partition coefficient (Wildman–Crippen LogP) is 3.06. The van der Waals surface area contributed by atoms with Crippen molar-refractivity contribution in [3.8, 4) is 0 Å². The molecule has 1 unspecified atom stereocenters. The molecule has 2 nitrogen and oxygen atoms in total. The summed E-state index contributed by atoms with van der Waals surface area (Å²) in [4.78, 5) is 12.7. The van der Waals surface area contributed by atoms with Crippen LogP contribution in [0.4, 0.5) is 8.78 Å². The minimum absolute atomic E-state index is 0.116. The summed E-state index contributed by atoms with van der Waals surface area (Å²) < 4.78 is 27.1. The van der Waals surface area contributed by atoms with Gasteiger partial charge in [-0.05, 0) is 30.7 Å². The number of carbonyl (C=O) groups is 1. The monoisotopic (exact) mass is 289 g/mol. The second kappa shape index (κ2) is 3.80. The predicted molar refractivity (Wildman–Crippen MR) is 59.5 cm³/mol. The molecule has 1 heterocycles. The summed E-state index contributed by atoms with van der Waals surface area (Å²) in [5.41, 5.74) is 1.16. The largest absolute Gasteiger partial charge is 0.300 e. The molecular weight excluding hydrogens is 280 g/mol. The molecule has 5 heteroatoms. The van der Waals surface area contributed by atoms with Gasteiger partial charge in [0.15, 0.2) is 0 Å². The van der Waals surface area contributed by atoms with Gasteiger partial charge in [-0.1, -0.05) is 15.9 Å². The maximum absolute atomic E-state index is 13.8. The fourth-order valence-corrected chi connectivity index (χ4v) is 2.15. The summed E-state index contributed by atoms with van der Waals surface area (Å²) >= 11 is 3.27. The molecule has 86 valence electrons. The highest BCUT2D eigenvalue weighted by molar-refractivity contribution is 9.10. The van der Waals surface area contributed by atoms with Crippen LogP contribution in [0, 0.1) is 0 Å². The van der Waals surface area contributed by atoms with Gasteiger partial charge in [-0.2, -0.15) is 0 Å². The molecule has 1 aliphatic heterocycles. The molecule has 0 aromatic heterocycles. The van der Waals surface area contributed by atoms with Gasteiger partial charge in [0, 0.05) is 16.6 Å². The number of nitrogens with zero attached hydrogens (tertiary/aromatic N) is 1. The van der Waals surface area contributed by atoms with Crippen molar-refractivity contribution in [3.63, 3.8) is 0 Å². The van der Waals surface area contributed by atoms with Crippen LogP contribution in [0.1, 0.15) is 22.8 Å². The summed E-state index contributed by atoms with van der Waals surface area (Å²) in [5.74, 6) is -2.69. The molecule has 1 aliphatic rings. The van der Waals surface area contributed by atoms with E-state index in [4.69, 9.17) is 0 Å². The Balaban J connectivity index is 2.38. The molecule has 1 amide bonds. The van der Waals surface area contributed by atoms with Gasteiger partial charge in [-0.3, -0.25) is 9.69 Å². The molecule has 0 N–H and O–H groups in total. The topological polar surface area (TPSA) is 20.3 Å². The van der Waals surface area contributed by atoms with Crippen LogP contribution in [0.2, 0.25) is 0 Å². The Kier molecular flexibility index (Phi) is 2.74. The number of rotatable bonds is 2. The molecule has 1 aromatic rings. The summed E-state index contributed by atoms with van der Waals surface area (Å²) in [7, 11) is 0. The average Bonchev–Trinajstić information content (AvgIpc) is 2.56. The van der Waals surface area contributed by atoms with Crippen molar-refractivity contribution in [1.29, 1.82) is 0 Å².